The van der Waals surface area contributed by atoms with E-state index < -0.39 is 9.84 Å². The molecule has 0 spiro atoms. The molecule has 1 rings (SSSR count). The van der Waals surface area contributed by atoms with Crippen molar-refractivity contribution in [1.29, 1.82) is 0 Å². The molecule has 1 fully saturated rings. The molecule has 0 saturated heterocycles. The molecule has 0 amide bonds. The minimum atomic E-state index is -2.83. The van der Waals surface area contributed by atoms with E-state index in [-0.39, 0.29) is 0 Å². The van der Waals surface area contributed by atoms with Crippen LogP contribution in [0.4, 0.5) is 0 Å². The van der Waals surface area contributed by atoms with Crippen LogP contribution >= 0.6 is 11.8 Å². The van der Waals surface area contributed by atoms with Crippen molar-refractivity contribution in [1.82, 2.24) is 5.32 Å². The Hall–Kier alpha value is 0.260. The van der Waals surface area contributed by atoms with Crippen molar-refractivity contribution in [3.63, 3.8) is 0 Å². The van der Waals surface area contributed by atoms with Crippen LogP contribution in [0.1, 0.15) is 40.0 Å². The predicted molar refractivity (Wildman–Crippen MR) is 85.6 cm³/mol. The zero-order chi connectivity index (χ0) is 14.7. The molecule has 3 unspecified atom stereocenters. The van der Waals surface area contributed by atoms with Crippen LogP contribution in [-0.2, 0) is 9.84 Å². The second-order valence-electron chi connectivity index (χ2n) is 6.81. The van der Waals surface area contributed by atoms with Gasteiger partial charge < -0.3 is 5.32 Å². The third-order valence-corrected chi connectivity index (χ3v) is 6.77. The van der Waals surface area contributed by atoms with Gasteiger partial charge in [0, 0.05) is 23.3 Å². The highest BCUT2D eigenvalue weighted by atomic mass is 32.2. The van der Waals surface area contributed by atoms with E-state index >= 15 is 0 Å². The van der Waals surface area contributed by atoms with Gasteiger partial charge in [-0.2, -0.15) is 11.8 Å². The topological polar surface area (TPSA) is 46.2 Å². The van der Waals surface area contributed by atoms with Gasteiger partial charge in [0.1, 0.15) is 9.84 Å². The van der Waals surface area contributed by atoms with E-state index in [0.29, 0.717) is 22.5 Å². The minimum absolute atomic E-state index is 0.296. The Balaban J connectivity index is 2.55. The van der Waals surface area contributed by atoms with E-state index in [2.05, 4.69) is 26.1 Å². The molecule has 5 heteroatoms. The van der Waals surface area contributed by atoms with Crippen molar-refractivity contribution < 1.29 is 8.42 Å². The van der Waals surface area contributed by atoms with Crippen LogP contribution in [0.25, 0.3) is 0 Å². The first kappa shape index (κ1) is 17.3. The maximum atomic E-state index is 11.2. The summed E-state index contributed by atoms with van der Waals surface area (Å²) in [6.45, 7) is 6.95. The number of hydrogen-bond donors (Lipinski definition) is 1. The Kier molecular flexibility index (Phi) is 6.21. The van der Waals surface area contributed by atoms with Crippen LogP contribution in [0.2, 0.25) is 0 Å². The average Bonchev–Trinajstić information content (AvgIpc) is 2.26. The van der Waals surface area contributed by atoms with Crippen molar-refractivity contribution in [3.05, 3.63) is 0 Å². The highest BCUT2D eigenvalue weighted by molar-refractivity contribution is 8.01. The smallest absolute Gasteiger partial charge is 0.148 e. The van der Waals surface area contributed by atoms with Gasteiger partial charge in [0.15, 0.2) is 0 Å². The fourth-order valence-electron chi connectivity index (χ4n) is 2.78. The zero-order valence-electron chi connectivity index (χ0n) is 12.9. The summed E-state index contributed by atoms with van der Waals surface area (Å²) in [7, 11) is -0.812. The zero-order valence-corrected chi connectivity index (χ0v) is 14.5. The van der Waals surface area contributed by atoms with Gasteiger partial charge in [-0.25, -0.2) is 8.42 Å². The van der Waals surface area contributed by atoms with E-state index in [1.54, 1.807) is 0 Å². The first-order chi connectivity index (χ1) is 8.63. The summed E-state index contributed by atoms with van der Waals surface area (Å²) in [6, 6.07) is 0.531. The van der Waals surface area contributed by atoms with Gasteiger partial charge in [-0.05, 0) is 37.6 Å². The lowest BCUT2D eigenvalue weighted by Gasteiger charge is -2.41. The quantitative estimate of drug-likeness (QED) is 0.848. The number of thioether (sulfide) groups is 1. The van der Waals surface area contributed by atoms with Gasteiger partial charge in [-0.15, -0.1) is 0 Å². The molecule has 0 bridgehead atoms. The second kappa shape index (κ2) is 6.81. The molecule has 3 nitrogen and oxygen atoms in total. The van der Waals surface area contributed by atoms with Gasteiger partial charge in [0.05, 0.1) is 5.75 Å². The number of nitrogens with one attached hydrogen (secondary N) is 1. The number of sulfone groups is 1. The van der Waals surface area contributed by atoms with Crippen molar-refractivity contribution in [2.75, 3.05) is 24.8 Å². The Labute approximate surface area is 123 Å². The largest absolute Gasteiger partial charge is 0.316 e. The molecule has 0 aromatic carbocycles. The van der Waals surface area contributed by atoms with Crippen LogP contribution in [-0.4, -0.2) is 44.5 Å². The first-order valence-corrected chi connectivity index (χ1v) is 10.2. The van der Waals surface area contributed by atoms with Gasteiger partial charge >= 0.3 is 0 Å². The van der Waals surface area contributed by atoms with Gasteiger partial charge in [0.25, 0.3) is 0 Å². The summed E-state index contributed by atoms with van der Waals surface area (Å²) in [6.07, 6.45) is 5.00. The van der Waals surface area contributed by atoms with Gasteiger partial charge in [-0.1, -0.05) is 20.8 Å². The maximum absolute atomic E-state index is 11.2. The van der Waals surface area contributed by atoms with E-state index in [9.17, 15) is 8.42 Å². The highest BCUT2D eigenvalue weighted by Gasteiger charge is 2.35. The Bertz CT molecular complexity index is 373. The van der Waals surface area contributed by atoms with E-state index in [4.69, 9.17) is 0 Å². The molecule has 0 aromatic rings. The summed E-state index contributed by atoms with van der Waals surface area (Å²) in [5.41, 5.74) is 0.356. The SMILES string of the molecule is CNC1CCC(C(C)(C)C)CC1SCCS(C)(=O)=O. The summed E-state index contributed by atoms with van der Waals surface area (Å²) in [5.74, 6) is 1.76. The van der Waals surface area contributed by atoms with Crippen molar-refractivity contribution in [2.24, 2.45) is 11.3 Å². The van der Waals surface area contributed by atoms with Crippen molar-refractivity contribution in [2.45, 2.75) is 51.3 Å². The molecule has 0 aliphatic heterocycles. The Morgan fingerprint density at radius 3 is 2.37 bits per heavy atom. The molecule has 1 aliphatic rings. The van der Waals surface area contributed by atoms with Crippen LogP contribution in [0.5, 0.6) is 0 Å². The minimum Gasteiger partial charge on any atom is -0.316 e. The van der Waals surface area contributed by atoms with E-state index in [1.807, 2.05) is 18.8 Å². The fraction of sp³-hybridized carbons (Fsp3) is 1.00. The molecule has 0 aromatic heterocycles. The molecular formula is C14H29NO2S2. The highest BCUT2D eigenvalue weighted by Crippen LogP contribution is 2.41. The maximum Gasteiger partial charge on any atom is 0.148 e. The average molecular weight is 308 g/mol. The lowest BCUT2D eigenvalue weighted by atomic mass is 9.71. The van der Waals surface area contributed by atoms with Gasteiger partial charge in [0.2, 0.25) is 0 Å². The predicted octanol–water partition coefficient (Wildman–Crippen LogP) is 2.57. The van der Waals surface area contributed by atoms with E-state index in [1.165, 1.54) is 25.5 Å². The molecule has 3 atom stereocenters. The van der Waals surface area contributed by atoms with Gasteiger partial charge in [-0.3, -0.25) is 0 Å². The molecular weight excluding hydrogens is 278 g/mol. The molecule has 0 radical (unpaired) electrons. The molecule has 114 valence electrons. The second-order valence-corrected chi connectivity index (χ2v) is 10.4. The summed E-state index contributed by atoms with van der Waals surface area (Å²) < 4.78 is 22.4. The Morgan fingerprint density at radius 1 is 1.26 bits per heavy atom. The van der Waals surface area contributed by atoms with Crippen molar-refractivity contribution in [3.8, 4) is 0 Å². The first-order valence-electron chi connectivity index (χ1n) is 7.10. The Morgan fingerprint density at radius 2 is 1.89 bits per heavy atom. The molecule has 1 N–H and O–H groups in total. The molecule has 0 heterocycles. The standard InChI is InChI=1S/C14H29NO2S2/c1-14(2,3)11-6-7-12(15-4)13(10-11)18-8-9-19(5,16)17/h11-13,15H,6-10H2,1-5H3. The van der Waals surface area contributed by atoms with Crippen LogP contribution in [0.3, 0.4) is 0 Å². The fourth-order valence-corrected chi connectivity index (χ4v) is 5.55. The number of hydrogen-bond acceptors (Lipinski definition) is 4. The van der Waals surface area contributed by atoms with E-state index in [0.717, 1.165) is 11.7 Å². The number of rotatable bonds is 5. The third-order valence-electron chi connectivity index (χ3n) is 4.17. The normalized spacial score (nSPS) is 29.4. The van der Waals surface area contributed by atoms with Crippen LogP contribution in [0, 0.1) is 11.3 Å². The summed E-state index contributed by atoms with van der Waals surface area (Å²) in [5, 5.41) is 3.95. The monoisotopic (exact) mass is 307 g/mol. The van der Waals surface area contributed by atoms with Crippen LogP contribution in [0.15, 0.2) is 0 Å². The lowest BCUT2D eigenvalue weighted by molar-refractivity contribution is 0.167. The van der Waals surface area contributed by atoms with Crippen molar-refractivity contribution >= 4 is 21.6 Å². The molecule has 19 heavy (non-hydrogen) atoms. The molecule has 1 saturated carbocycles. The summed E-state index contributed by atoms with van der Waals surface area (Å²) >= 11 is 1.84. The third kappa shape index (κ3) is 6.05. The summed E-state index contributed by atoms with van der Waals surface area (Å²) in [4.78, 5) is 0. The lowest BCUT2D eigenvalue weighted by Crippen LogP contribution is -2.43. The van der Waals surface area contributed by atoms with Crippen LogP contribution < -0.4 is 5.32 Å². The molecule has 1 aliphatic carbocycles.